The molecule has 3 aromatic rings. The van der Waals surface area contributed by atoms with Crippen LogP contribution in [-0.4, -0.2) is 58.5 Å². The van der Waals surface area contributed by atoms with Crippen molar-refractivity contribution in [3.63, 3.8) is 0 Å². The Balaban J connectivity index is 2.03. The molecular formula is C31H39N3O6S. The second-order valence-corrected chi connectivity index (χ2v) is 11.3. The molecule has 0 aliphatic heterocycles. The molecule has 0 saturated heterocycles. The van der Waals surface area contributed by atoms with Crippen LogP contribution in [0.1, 0.15) is 38.7 Å². The molecule has 0 aliphatic carbocycles. The average Bonchev–Trinajstić information content (AvgIpc) is 3.00. The normalized spacial score (nSPS) is 11.8. The summed E-state index contributed by atoms with van der Waals surface area (Å²) in [5, 5.41) is 2.93. The zero-order valence-electron chi connectivity index (χ0n) is 24.1. The summed E-state index contributed by atoms with van der Waals surface area (Å²) in [7, 11) is -1.35. The Morgan fingerprint density at radius 2 is 1.51 bits per heavy atom. The lowest BCUT2D eigenvalue weighted by molar-refractivity contribution is -0.140. The van der Waals surface area contributed by atoms with Crippen LogP contribution in [0.15, 0.2) is 83.8 Å². The van der Waals surface area contributed by atoms with Crippen LogP contribution in [0.4, 0.5) is 5.69 Å². The minimum atomic E-state index is -4.23. The Labute approximate surface area is 243 Å². The van der Waals surface area contributed by atoms with Crippen LogP contribution in [0.2, 0.25) is 0 Å². The van der Waals surface area contributed by atoms with Gasteiger partial charge in [-0.3, -0.25) is 13.9 Å². The van der Waals surface area contributed by atoms with Gasteiger partial charge in [-0.2, -0.15) is 0 Å². The molecule has 9 nitrogen and oxygen atoms in total. The highest BCUT2D eigenvalue weighted by Gasteiger charge is 2.34. The van der Waals surface area contributed by atoms with Crippen molar-refractivity contribution in [1.29, 1.82) is 0 Å². The molecule has 0 heterocycles. The van der Waals surface area contributed by atoms with Crippen LogP contribution in [-0.2, 0) is 26.2 Å². The fourth-order valence-corrected chi connectivity index (χ4v) is 5.86. The summed E-state index contributed by atoms with van der Waals surface area (Å²) >= 11 is 0. The van der Waals surface area contributed by atoms with Crippen molar-refractivity contribution >= 4 is 27.5 Å². The average molecular weight is 582 g/mol. The Bertz CT molecular complexity index is 1380. The Hall–Kier alpha value is -4.05. The van der Waals surface area contributed by atoms with Crippen molar-refractivity contribution in [3.05, 3.63) is 84.4 Å². The highest BCUT2D eigenvalue weighted by Crippen LogP contribution is 2.32. The van der Waals surface area contributed by atoms with Crippen LogP contribution in [0.3, 0.4) is 0 Å². The quantitative estimate of drug-likeness (QED) is 0.263. The second-order valence-electron chi connectivity index (χ2n) is 9.44. The number of benzene rings is 3. The highest BCUT2D eigenvalue weighted by atomic mass is 32.2. The summed E-state index contributed by atoms with van der Waals surface area (Å²) in [6, 6.07) is 21.3. The number of para-hydroxylation sites is 1. The fourth-order valence-electron chi connectivity index (χ4n) is 4.43. The molecule has 1 atom stereocenters. The minimum absolute atomic E-state index is 0.0641. The summed E-state index contributed by atoms with van der Waals surface area (Å²) in [5.41, 5.74) is 1.14. The van der Waals surface area contributed by atoms with Gasteiger partial charge in [-0.25, -0.2) is 8.42 Å². The largest absolute Gasteiger partial charge is 0.493 e. The van der Waals surface area contributed by atoms with E-state index in [1.165, 1.54) is 37.3 Å². The molecule has 0 saturated carbocycles. The Kier molecular flexibility index (Phi) is 11.6. The molecule has 0 spiro atoms. The van der Waals surface area contributed by atoms with Gasteiger partial charge in [0.2, 0.25) is 11.8 Å². The minimum Gasteiger partial charge on any atom is -0.493 e. The Morgan fingerprint density at radius 3 is 2.10 bits per heavy atom. The van der Waals surface area contributed by atoms with E-state index < -0.39 is 28.5 Å². The molecule has 3 rings (SSSR count). The third kappa shape index (κ3) is 8.00. The molecular weight excluding hydrogens is 542 g/mol. The number of anilines is 1. The molecule has 0 aliphatic rings. The lowest BCUT2D eigenvalue weighted by Gasteiger charge is -2.33. The first-order chi connectivity index (χ1) is 19.8. The number of hydrogen-bond donors (Lipinski definition) is 1. The van der Waals surface area contributed by atoms with Crippen LogP contribution in [0.25, 0.3) is 0 Å². The third-order valence-corrected chi connectivity index (χ3v) is 8.45. The topological polar surface area (TPSA) is 105 Å². The number of amides is 2. The van der Waals surface area contributed by atoms with Crippen LogP contribution >= 0.6 is 0 Å². The van der Waals surface area contributed by atoms with Crippen molar-refractivity contribution in [1.82, 2.24) is 10.2 Å². The van der Waals surface area contributed by atoms with E-state index in [1.54, 1.807) is 30.3 Å². The number of ether oxygens (including phenoxy) is 2. The number of carbonyl (C=O) groups is 2. The maximum Gasteiger partial charge on any atom is 0.264 e. The fraction of sp³-hybridized carbons (Fsp3) is 0.355. The van der Waals surface area contributed by atoms with E-state index in [4.69, 9.17) is 9.47 Å². The molecule has 1 N–H and O–H groups in total. The Morgan fingerprint density at radius 1 is 0.878 bits per heavy atom. The van der Waals surface area contributed by atoms with Crippen molar-refractivity contribution in [2.45, 2.75) is 50.6 Å². The van der Waals surface area contributed by atoms with Gasteiger partial charge in [-0.05, 0) is 42.7 Å². The number of unbranched alkanes of at least 4 members (excludes halogenated alkanes) is 1. The van der Waals surface area contributed by atoms with E-state index in [2.05, 4.69) is 5.32 Å². The number of sulfonamides is 1. The van der Waals surface area contributed by atoms with E-state index in [0.717, 1.165) is 22.7 Å². The lowest BCUT2D eigenvalue weighted by atomic mass is 10.1. The van der Waals surface area contributed by atoms with Crippen molar-refractivity contribution in [2.75, 3.05) is 31.6 Å². The predicted octanol–water partition coefficient (Wildman–Crippen LogP) is 4.62. The van der Waals surface area contributed by atoms with Crippen LogP contribution < -0.4 is 19.1 Å². The zero-order valence-corrected chi connectivity index (χ0v) is 24.9. The molecule has 2 amide bonds. The molecule has 1 unspecified atom stereocenters. The molecule has 3 aromatic carbocycles. The predicted molar refractivity (Wildman–Crippen MR) is 160 cm³/mol. The van der Waals surface area contributed by atoms with Crippen LogP contribution in [0.5, 0.6) is 11.5 Å². The van der Waals surface area contributed by atoms with E-state index >= 15 is 0 Å². The van der Waals surface area contributed by atoms with E-state index in [9.17, 15) is 18.0 Å². The second kappa shape index (κ2) is 15.1. The molecule has 41 heavy (non-hydrogen) atoms. The van der Waals surface area contributed by atoms with Gasteiger partial charge in [-0.1, -0.05) is 68.8 Å². The molecule has 0 aromatic heterocycles. The number of rotatable bonds is 15. The molecule has 220 valence electrons. The number of nitrogens with zero attached hydrogens (tertiary/aromatic N) is 2. The van der Waals surface area contributed by atoms with E-state index in [1.807, 2.05) is 44.2 Å². The molecule has 0 radical (unpaired) electrons. The molecule has 0 bridgehead atoms. The monoisotopic (exact) mass is 581 g/mol. The maximum atomic E-state index is 14.1. The van der Waals surface area contributed by atoms with Gasteiger partial charge in [0.25, 0.3) is 10.0 Å². The van der Waals surface area contributed by atoms with E-state index in [-0.39, 0.29) is 23.1 Å². The molecule has 0 fully saturated rings. The summed E-state index contributed by atoms with van der Waals surface area (Å²) in [5.74, 6) is -0.144. The van der Waals surface area contributed by atoms with Crippen molar-refractivity contribution < 1.29 is 27.5 Å². The van der Waals surface area contributed by atoms with Crippen molar-refractivity contribution in [2.24, 2.45) is 0 Å². The lowest BCUT2D eigenvalue weighted by Crippen LogP contribution is -2.52. The summed E-state index contributed by atoms with van der Waals surface area (Å²) in [6.45, 7) is 4.02. The van der Waals surface area contributed by atoms with Gasteiger partial charge < -0.3 is 19.7 Å². The van der Waals surface area contributed by atoms with Crippen LogP contribution in [0, 0.1) is 0 Å². The summed E-state index contributed by atoms with van der Waals surface area (Å²) in [6.07, 6.45) is 2.11. The van der Waals surface area contributed by atoms with Crippen molar-refractivity contribution in [3.8, 4) is 11.5 Å². The number of hydrogen-bond acceptors (Lipinski definition) is 6. The smallest absolute Gasteiger partial charge is 0.264 e. The first-order valence-electron chi connectivity index (χ1n) is 13.7. The SMILES string of the molecule is CCCCNC(=O)C(CC)N(Cc1ccccc1)C(=O)CN(c1ccccc1)S(=O)(=O)c1ccc(OC)c(OC)c1. The number of carbonyl (C=O) groups excluding carboxylic acids is 2. The van der Waals surface area contributed by atoms with Gasteiger partial charge in [-0.15, -0.1) is 0 Å². The van der Waals surface area contributed by atoms with Gasteiger partial charge >= 0.3 is 0 Å². The van der Waals surface area contributed by atoms with Gasteiger partial charge in [0.05, 0.1) is 24.8 Å². The highest BCUT2D eigenvalue weighted by molar-refractivity contribution is 7.92. The van der Waals surface area contributed by atoms with E-state index in [0.29, 0.717) is 24.4 Å². The van der Waals surface area contributed by atoms with Gasteiger partial charge in [0.1, 0.15) is 12.6 Å². The zero-order chi connectivity index (χ0) is 29.8. The molecule has 10 heteroatoms. The number of methoxy groups -OCH3 is 2. The standard InChI is InChI=1S/C31H39N3O6S/c1-5-7-20-32-31(36)27(6-2)33(22-24-14-10-8-11-15-24)30(35)23-34(25-16-12-9-13-17-25)41(37,38)26-18-19-28(39-3)29(21-26)40-4/h8-19,21,27H,5-7,20,22-23H2,1-4H3,(H,32,36). The summed E-state index contributed by atoms with van der Waals surface area (Å²) < 4.78 is 39.7. The third-order valence-electron chi connectivity index (χ3n) is 6.68. The van der Waals surface area contributed by atoms with Gasteiger partial charge in [0, 0.05) is 19.2 Å². The first-order valence-corrected chi connectivity index (χ1v) is 15.1. The maximum absolute atomic E-state index is 14.1. The number of nitrogens with one attached hydrogen (secondary N) is 1. The van der Waals surface area contributed by atoms with Gasteiger partial charge in [0.15, 0.2) is 11.5 Å². The summed E-state index contributed by atoms with van der Waals surface area (Å²) in [4.78, 5) is 28.7. The first kappa shape index (κ1) is 31.5.